The van der Waals surface area contributed by atoms with Crippen LogP contribution in [0.2, 0.25) is 0 Å². The van der Waals surface area contributed by atoms with Crippen LogP contribution in [0, 0.1) is 0 Å². The molecule has 1 aromatic carbocycles. The number of urea groups is 1. The molecular weight excluding hydrogens is 455 g/mol. The first-order valence-corrected chi connectivity index (χ1v) is 10.7. The fourth-order valence-corrected chi connectivity index (χ4v) is 4.29. The average molecular weight is 477 g/mol. The summed E-state index contributed by atoms with van der Waals surface area (Å²) in [6.45, 7) is 3.90. The summed E-state index contributed by atoms with van der Waals surface area (Å²) in [5, 5.41) is 2.78. The molecule has 180 valence electrons. The second-order valence-electron chi connectivity index (χ2n) is 8.51. The Labute approximate surface area is 193 Å². The van der Waals surface area contributed by atoms with Crippen molar-refractivity contribution in [1.29, 1.82) is 0 Å². The highest BCUT2D eigenvalue weighted by Gasteiger charge is 2.49. The van der Waals surface area contributed by atoms with Gasteiger partial charge in [-0.2, -0.15) is 13.2 Å². The molecule has 2 saturated heterocycles. The Morgan fingerprint density at radius 3 is 2.47 bits per heavy atom. The summed E-state index contributed by atoms with van der Waals surface area (Å²) in [4.78, 5) is 34.9. The van der Waals surface area contributed by atoms with Crippen molar-refractivity contribution in [3.05, 3.63) is 47.7 Å². The lowest BCUT2D eigenvalue weighted by molar-refractivity contribution is -0.137. The third-order valence-electron chi connectivity index (χ3n) is 6.34. The van der Waals surface area contributed by atoms with Crippen molar-refractivity contribution in [1.82, 2.24) is 20.1 Å². The van der Waals surface area contributed by atoms with E-state index in [1.54, 1.807) is 25.1 Å². The van der Waals surface area contributed by atoms with Crippen LogP contribution in [0.5, 0.6) is 11.5 Å². The molecule has 2 aromatic rings. The molecule has 3 amide bonds. The second-order valence-corrected chi connectivity index (χ2v) is 8.51. The minimum Gasteiger partial charge on any atom is -0.454 e. The van der Waals surface area contributed by atoms with Crippen molar-refractivity contribution in [2.45, 2.75) is 18.6 Å². The second kappa shape index (κ2) is 8.05. The SMILES string of the molecule is C[C@@]1(c2ccc3c(c2)OCO3)NC(=O)N(CN2CCN(c3ccc(C(F)(F)F)cn3)CC2)C1=O. The van der Waals surface area contributed by atoms with E-state index in [0.717, 1.165) is 12.3 Å². The molecule has 1 atom stereocenters. The molecule has 9 nitrogen and oxygen atoms in total. The average Bonchev–Trinajstić information content (AvgIpc) is 3.37. The first-order chi connectivity index (χ1) is 16.1. The molecule has 1 aromatic heterocycles. The molecule has 4 heterocycles. The molecule has 2 fully saturated rings. The van der Waals surface area contributed by atoms with Gasteiger partial charge in [-0.25, -0.2) is 14.7 Å². The fourth-order valence-electron chi connectivity index (χ4n) is 4.29. The zero-order valence-electron chi connectivity index (χ0n) is 18.3. The van der Waals surface area contributed by atoms with Gasteiger partial charge in [0.2, 0.25) is 6.79 Å². The van der Waals surface area contributed by atoms with Gasteiger partial charge in [0.1, 0.15) is 11.4 Å². The lowest BCUT2D eigenvalue weighted by atomic mass is 9.92. The molecule has 12 heteroatoms. The van der Waals surface area contributed by atoms with Gasteiger partial charge in [-0.1, -0.05) is 6.07 Å². The highest BCUT2D eigenvalue weighted by molar-refractivity contribution is 6.07. The number of anilines is 1. The molecule has 0 spiro atoms. The number of ether oxygens (including phenoxy) is 2. The number of aromatic nitrogens is 1. The number of alkyl halides is 3. The van der Waals surface area contributed by atoms with Crippen LogP contribution in [0.4, 0.5) is 23.8 Å². The van der Waals surface area contributed by atoms with Gasteiger partial charge in [0, 0.05) is 32.4 Å². The van der Waals surface area contributed by atoms with Crippen LogP contribution in [0.25, 0.3) is 0 Å². The van der Waals surface area contributed by atoms with E-state index >= 15 is 0 Å². The van der Waals surface area contributed by atoms with E-state index in [1.807, 2.05) is 9.80 Å². The minimum absolute atomic E-state index is 0.107. The van der Waals surface area contributed by atoms with Gasteiger partial charge in [0.05, 0.1) is 12.2 Å². The maximum absolute atomic E-state index is 13.2. The normalized spacial score (nSPS) is 22.9. The van der Waals surface area contributed by atoms with Crippen molar-refractivity contribution in [3.63, 3.8) is 0 Å². The highest BCUT2D eigenvalue weighted by atomic mass is 19.4. The van der Waals surface area contributed by atoms with Gasteiger partial charge in [-0.15, -0.1) is 0 Å². The third kappa shape index (κ3) is 3.87. The molecule has 3 aliphatic heterocycles. The van der Waals surface area contributed by atoms with E-state index in [0.29, 0.717) is 49.1 Å². The predicted octanol–water partition coefficient (Wildman–Crippen LogP) is 2.38. The summed E-state index contributed by atoms with van der Waals surface area (Å²) in [7, 11) is 0. The first kappa shape index (κ1) is 22.3. The van der Waals surface area contributed by atoms with Crippen molar-refractivity contribution in [3.8, 4) is 11.5 Å². The van der Waals surface area contributed by atoms with E-state index in [1.165, 1.54) is 11.0 Å². The number of rotatable bonds is 4. The van der Waals surface area contributed by atoms with Crippen LogP contribution in [-0.4, -0.2) is 66.4 Å². The highest BCUT2D eigenvalue weighted by Crippen LogP contribution is 2.38. The van der Waals surface area contributed by atoms with Gasteiger partial charge >= 0.3 is 12.2 Å². The topological polar surface area (TPSA) is 87.2 Å². The minimum atomic E-state index is -4.43. The number of imide groups is 1. The van der Waals surface area contributed by atoms with Crippen molar-refractivity contribution < 1.29 is 32.2 Å². The van der Waals surface area contributed by atoms with Crippen molar-refractivity contribution in [2.24, 2.45) is 0 Å². The number of pyridine rings is 1. The number of benzene rings is 1. The Balaban J connectivity index is 1.22. The van der Waals surface area contributed by atoms with E-state index in [9.17, 15) is 22.8 Å². The Kier molecular flexibility index (Phi) is 5.27. The molecule has 3 aliphatic rings. The maximum atomic E-state index is 13.2. The molecule has 0 bridgehead atoms. The number of amides is 3. The maximum Gasteiger partial charge on any atom is 0.417 e. The lowest BCUT2D eigenvalue weighted by Gasteiger charge is -2.36. The molecular formula is C22H22F3N5O4. The number of halogens is 3. The van der Waals surface area contributed by atoms with Gasteiger partial charge in [0.25, 0.3) is 5.91 Å². The summed E-state index contributed by atoms with van der Waals surface area (Å²) < 4.78 is 49.0. The zero-order valence-corrected chi connectivity index (χ0v) is 18.3. The number of nitrogens with one attached hydrogen (secondary N) is 1. The third-order valence-corrected chi connectivity index (χ3v) is 6.34. The Morgan fingerprint density at radius 1 is 1.06 bits per heavy atom. The summed E-state index contributed by atoms with van der Waals surface area (Å²) in [5.74, 6) is 1.19. The zero-order chi connectivity index (χ0) is 24.1. The smallest absolute Gasteiger partial charge is 0.417 e. The number of fused-ring (bicyclic) bond motifs is 1. The Morgan fingerprint density at radius 2 is 1.79 bits per heavy atom. The molecule has 0 aliphatic carbocycles. The van der Waals surface area contributed by atoms with Gasteiger partial charge in [-0.05, 0) is 36.8 Å². The molecule has 0 saturated carbocycles. The van der Waals surface area contributed by atoms with Crippen LogP contribution in [0.15, 0.2) is 36.5 Å². The van der Waals surface area contributed by atoms with E-state index < -0.39 is 23.3 Å². The van der Waals surface area contributed by atoms with Crippen LogP contribution in [0.3, 0.4) is 0 Å². The number of nitrogens with zero attached hydrogens (tertiary/aromatic N) is 4. The number of hydrogen-bond acceptors (Lipinski definition) is 7. The van der Waals surface area contributed by atoms with E-state index in [-0.39, 0.29) is 19.4 Å². The van der Waals surface area contributed by atoms with Gasteiger partial charge in [-0.3, -0.25) is 9.69 Å². The molecule has 1 N–H and O–H groups in total. The number of carbonyl (C=O) groups excluding carboxylic acids is 2. The number of carbonyl (C=O) groups is 2. The van der Waals surface area contributed by atoms with Crippen LogP contribution < -0.4 is 19.7 Å². The Bertz CT molecular complexity index is 1120. The Hall–Kier alpha value is -3.54. The quantitative estimate of drug-likeness (QED) is 0.677. The van der Waals surface area contributed by atoms with Gasteiger partial charge < -0.3 is 19.7 Å². The lowest BCUT2D eigenvalue weighted by Crippen LogP contribution is -2.51. The van der Waals surface area contributed by atoms with Crippen LogP contribution >= 0.6 is 0 Å². The summed E-state index contributed by atoms with van der Waals surface area (Å²) in [6, 6.07) is 7.01. The van der Waals surface area contributed by atoms with Gasteiger partial charge in [0.15, 0.2) is 11.5 Å². The monoisotopic (exact) mass is 477 g/mol. The molecule has 5 rings (SSSR count). The number of hydrogen-bond donors (Lipinski definition) is 1. The van der Waals surface area contributed by atoms with Crippen LogP contribution in [-0.2, 0) is 16.5 Å². The van der Waals surface area contributed by atoms with Crippen LogP contribution in [0.1, 0.15) is 18.1 Å². The molecule has 34 heavy (non-hydrogen) atoms. The summed E-state index contributed by atoms with van der Waals surface area (Å²) >= 11 is 0. The molecule has 0 unspecified atom stereocenters. The standard InChI is InChI=1S/C22H22F3N5O4/c1-21(14-2-4-16-17(10-14)34-13-33-16)19(31)30(20(32)27-21)12-28-6-8-29(9-7-28)18-5-3-15(11-26-18)22(23,24)25/h2-5,10-11H,6-9,12-13H2,1H3,(H,27,32)/t21-/m0/s1. The molecule has 0 radical (unpaired) electrons. The first-order valence-electron chi connectivity index (χ1n) is 10.7. The van der Waals surface area contributed by atoms with Crippen molar-refractivity contribution >= 4 is 17.8 Å². The van der Waals surface area contributed by atoms with E-state index in [2.05, 4.69) is 10.3 Å². The van der Waals surface area contributed by atoms with Crippen molar-refractivity contribution in [2.75, 3.05) is 44.5 Å². The van der Waals surface area contributed by atoms with E-state index in [4.69, 9.17) is 9.47 Å². The number of piperazine rings is 1. The predicted molar refractivity (Wildman–Crippen MR) is 113 cm³/mol. The largest absolute Gasteiger partial charge is 0.454 e. The fraction of sp³-hybridized carbons (Fsp3) is 0.409. The summed E-state index contributed by atoms with van der Waals surface area (Å²) in [6.07, 6.45) is -3.60. The summed E-state index contributed by atoms with van der Waals surface area (Å²) in [5.41, 5.74) is -1.43.